The predicted octanol–water partition coefficient (Wildman–Crippen LogP) is 3.34. The molecule has 0 radical (unpaired) electrons. The highest BCUT2D eigenvalue weighted by atomic mass is 35.5. The van der Waals surface area contributed by atoms with E-state index in [2.05, 4.69) is 5.32 Å². The summed E-state index contributed by atoms with van der Waals surface area (Å²) in [5, 5.41) is 12.2. The van der Waals surface area contributed by atoms with Crippen LogP contribution in [-0.2, 0) is 4.79 Å². The lowest BCUT2D eigenvalue weighted by Gasteiger charge is -2.13. The maximum atomic E-state index is 12.0. The highest BCUT2D eigenvalue weighted by Gasteiger charge is 2.16. The van der Waals surface area contributed by atoms with Crippen molar-refractivity contribution in [3.05, 3.63) is 58.1 Å². The molecule has 0 saturated carbocycles. The van der Waals surface area contributed by atoms with Crippen molar-refractivity contribution in [2.75, 3.05) is 5.32 Å². The SMILES string of the molecule is NC(C(=O)Nc1cc(Cl)c(O)c(Cl)c1)c1ccccc1. The Labute approximate surface area is 126 Å². The molecule has 4 N–H and O–H groups in total. The van der Waals surface area contributed by atoms with Crippen LogP contribution in [0.2, 0.25) is 10.0 Å². The third-order valence-corrected chi connectivity index (χ3v) is 3.30. The second-order valence-electron chi connectivity index (χ2n) is 4.17. The Morgan fingerprint density at radius 3 is 2.25 bits per heavy atom. The lowest BCUT2D eigenvalue weighted by atomic mass is 10.1. The van der Waals surface area contributed by atoms with E-state index < -0.39 is 11.9 Å². The van der Waals surface area contributed by atoms with Crippen LogP contribution in [-0.4, -0.2) is 11.0 Å². The van der Waals surface area contributed by atoms with Crippen molar-refractivity contribution in [3.8, 4) is 5.75 Å². The number of rotatable bonds is 3. The van der Waals surface area contributed by atoms with Crippen molar-refractivity contribution < 1.29 is 9.90 Å². The number of carbonyl (C=O) groups is 1. The number of phenolic OH excluding ortho intramolecular Hbond substituents is 1. The fourth-order valence-electron chi connectivity index (χ4n) is 1.67. The van der Waals surface area contributed by atoms with E-state index >= 15 is 0 Å². The van der Waals surface area contributed by atoms with Crippen LogP contribution in [0.1, 0.15) is 11.6 Å². The molecule has 4 nitrogen and oxygen atoms in total. The first kappa shape index (κ1) is 14.7. The van der Waals surface area contributed by atoms with Gasteiger partial charge in [0.05, 0.1) is 10.0 Å². The van der Waals surface area contributed by atoms with E-state index in [0.29, 0.717) is 11.3 Å². The van der Waals surface area contributed by atoms with Crippen LogP contribution >= 0.6 is 23.2 Å². The number of hydrogen-bond donors (Lipinski definition) is 3. The van der Waals surface area contributed by atoms with Crippen LogP contribution in [0.4, 0.5) is 5.69 Å². The quantitative estimate of drug-likeness (QED) is 0.761. The molecule has 0 aliphatic heterocycles. The Morgan fingerprint density at radius 2 is 1.70 bits per heavy atom. The lowest BCUT2D eigenvalue weighted by Crippen LogP contribution is -2.27. The molecule has 104 valence electrons. The highest BCUT2D eigenvalue weighted by molar-refractivity contribution is 6.37. The highest BCUT2D eigenvalue weighted by Crippen LogP contribution is 2.34. The molecule has 0 aliphatic rings. The van der Waals surface area contributed by atoms with Crippen molar-refractivity contribution >= 4 is 34.8 Å². The third kappa shape index (κ3) is 3.22. The van der Waals surface area contributed by atoms with Gasteiger partial charge in [0, 0.05) is 5.69 Å². The molecule has 0 aliphatic carbocycles. The molecule has 0 fully saturated rings. The van der Waals surface area contributed by atoms with Crippen LogP contribution in [0.3, 0.4) is 0 Å². The second kappa shape index (κ2) is 6.13. The number of aromatic hydroxyl groups is 1. The minimum absolute atomic E-state index is 0.0566. The van der Waals surface area contributed by atoms with Gasteiger partial charge in [-0.25, -0.2) is 0 Å². The fourth-order valence-corrected chi connectivity index (χ4v) is 2.16. The zero-order chi connectivity index (χ0) is 14.7. The van der Waals surface area contributed by atoms with E-state index in [1.54, 1.807) is 24.3 Å². The second-order valence-corrected chi connectivity index (χ2v) is 4.98. The molecule has 0 aromatic heterocycles. The predicted molar refractivity (Wildman–Crippen MR) is 80.1 cm³/mol. The van der Waals surface area contributed by atoms with E-state index in [9.17, 15) is 9.90 Å². The number of nitrogens with two attached hydrogens (primary N) is 1. The molecule has 0 heterocycles. The lowest BCUT2D eigenvalue weighted by molar-refractivity contribution is -0.117. The molecular weight excluding hydrogens is 299 g/mol. The molecule has 0 spiro atoms. The number of nitrogens with one attached hydrogen (secondary N) is 1. The summed E-state index contributed by atoms with van der Waals surface area (Å²) < 4.78 is 0. The minimum atomic E-state index is -0.803. The molecule has 2 rings (SSSR count). The van der Waals surface area contributed by atoms with Crippen LogP contribution in [0.25, 0.3) is 0 Å². The van der Waals surface area contributed by atoms with Gasteiger partial charge in [-0.1, -0.05) is 53.5 Å². The summed E-state index contributed by atoms with van der Waals surface area (Å²) in [6.07, 6.45) is 0. The zero-order valence-electron chi connectivity index (χ0n) is 10.3. The maximum Gasteiger partial charge on any atom is 0.245 e. The zero-order valence-corrected chi connectivity index (χ0v) is 11.8. The Hall–Kier alpha value is -1.75. The van der Waals surface area contributed by atoms with E-state index in [1.165, 1.54) is 12.1 Å². The number of anilines is 1. The molecule has 1 atom stereocenters. The summed E-state index contributed by atoms with van der Waals surface area (Å²) in [7, 11) is 0. The number of phenols is 1. The first-order valence-electron chi connectivity index (χ1n) is 5.78. The number of amides is 1. The van der Waals surface area contributed by atoms with Gasteiger partial charge in [0.25, 0.3) is 0 Å². The topological polar surface area (TPSA) is 75.4 Å². The molecule has 2 aromatic carbocycles. The van der Waals surface area contributed by atoms with E-state index in [-0.39, 0.29) is 15.8 Å². The molecule has 6 heteroatoms. The molecule has 1 unspecified atom stereocenters. The largest absolute Gasteiger partial charge is 0.505 e. The van der Waals surface area contributed by atoms with Crippen LogP contribution < -0.4 is 11.1 Å². The van der Waals surface area contributed by atoms with Crippen molar-refractivity contribution in [3.63, 3.8) is 0 Å². The molecular formula is C14H12Cl2N2O2. The van der Waals surface area contributed by atoms with Crippen LogP contribution in [0.5, 0.6) is 5.75 Å². The fraction of sp³-hybridized carbons (Fsp3) is 0.0714. The Kier molecular flexibility index (Phi) is 4.49. The van der Waals surface area contributed by atoms with Gasteiger partial charge in [-0.3, -0.25) is 4.79 Å². The van der Waals surface area contributed by atoms with Crippen LogP contribution in [0.15, 0.2) is 42.5 Å². The summed E-state index contributed by atoms with van der Waals surface area (Å²) in [6, 6.07) is 11.0. The van der Waals surface area contributed by atoms with Gasteiger partial charge in [-0.05, 0) is 17.7 Å². The molecule has 0 saturated heterocycles. The van der Waals surface area contributed by atoms with Crippen molar-refractivity contribution in [1.29, 1.82) is 0 Å². The minimum Gasteiger partial charge on any atom is -0.505 e. The van der Waals surface area contributed by atoms with Gasteiger partial charge in [-0.2, -0.15) is 0 Å². The smallest absolute Gasteiger partial charge is 0.245 e. The number of carbonyl (C=O) groups excluding carboxylic acids is 1. The average molecular weight is 311 g/mol. The Bertz CT molecular complexity index is 609. The van der Waals surface area contributed by atoms with Gasteiger partial charge < -0.3 is 16.2 Å². The molecule has 20 heavy (non-hydrogen) atoms. The normalized spacial score (nSPS) is 11.9. The van der Waals surface area contributed by atoms with Gasteiger partial charge in [0.2, 0.25) is 5.91 Å². The number of benzene rings is 2. The summed E-state index contributed by atoms with van der Waals surface area (Å²) in [5.41, 5.74) is 6.93. The van der Waals surface area contributed by atoms with Crippen molar-refractivity contribution in [1.82, 2.24) is 0 Å². The summed E-state index contributed by atoms with van der Waals surface area (Å²) in [5.74, 6) is -0.618. The molecule has 2 aromatic rings. The summed E-state index contributed by atoms with van der Waals surface area (Å²) >= 11 is 11.6. The van der Waals surface area contributed by atoms with Gasteiger partial charge in [0.15, 0.2) is 5.75 Å². The van der Waals surface area contributed by atoms with Gasteiger partial charge >= 0.3 is 0 Å². The third-order valence-electron chi connectivity index (χ3n) is 2.73. The average Bonchev–Trinajstić information content (AvgIpc) is 2.44. The molecule has 0 bridgehead atoms. The standard InChI is InChI=1S/C14H12Cl2N2O2/c15-10-6-9(7-11(16)13(10)19)18-14(20)12(17)8-4-2-1-3-5-8/h1-7,12,19H,17H2,(H,18,20). The number of hydrogen-bond acceptors (Lipinski definition) is 3. The number of halogens is 2. The summed E-state index contributed by atoms with van der Waals surface area (Å²) in [6.45, 7) is 0. The van der Waals surface area contributed by atoms with E-state index in [4.69, 9.17) is 28.9 Å². The van der Waals surface area contributed by atoms with E-state index in [1.807, 2.05) is 6.07 Å². The Balaban J connectivity index is 2.16. The Morgan fingerprint density at radius 1 is 1.15 bits per heavy atom. The first-order valence-corrected chi connectivity index (χ1v) is 6.54. The van der Waals surface area contributed by atoms with Gasteiger partial charge in [-0.15, -0.1) is 0 Å². The maximum absolute atomic E-state index is 12.0. The van der Waals surface area contributed by atoms with E-state index in [0.717, 1.165) is 0 Å². The first-order chi connectivity index (χ1) is 9.49. The van der Waals surface area contributed by atoms with Crippen LogP contribution in [0, 0.1) is 0 Å². The monoisotopic (exact) mass is 310 g/mol. The summed E-state index contributed by atoms with van der Waals surface area (Å²) in [4.78, 5) is 12.0. The molecule has 1 amide bonds. The van der Waals surface area contributed by atoms with Crippen molar-refractivity contribution in [2.24, 2.45) is 5.73 Å². The van der Waals surface area contributed by atoms with Gasteiger partial charge in [0.1, 0.15) is 6.04 Å². The van der Waals surface area contributed by atoms with Crippen molar-refractivity contribution in [2.45, 2.75) is 6.04 Å².